The largest absolute Gasteiger partial charge is 0.491 e. The molecule has 2 aromatic carbocycles. The van der Waals surface area contributed by atoms with Gasteiger partial charge >= 0.3 is 5.97 Å². The number of carbonyl (C=O) groups is 1. The zero-order valence-electron chi connectivity index (χ0n) is 11.6. The molecule has 21 heavy (non-hydrogen) atoms. The van der Waals surface area contributed by atoms with Gasteiger partial charge in [0.1, 0.15) is 12.4 Å². The van der Waals surface area contributed by atoms with E-state index in [0.29, 0.717) is 5.75 Å². The van der Waals surface area contributed by atoms with Gasteiger partial charge in [-0.1, -0.05) is 42.5 Å². The number of carboxylic acid groups (broad SMARTS) is 1. The second-order valence-electron chi connectivity index (χ2n) is 4.87. The van der Waals surface area contributed by atoms with Crippen LogP contribution in [0.3, 0.4) is 0 Å². The smallest absolute Gasteiger partial charge is 0.306 e. The summed E-state index contributed by atoms with van der Waals surface area (Å²) in [5.74, 6) is -0.416. The van der Waals surface area contributed by atoms with Crippen LogP contribution >= 0.6 is 0 Å². The van der Waals surface area contributed by atoms with Gasteiger partial charge in [-0.2, -0.15) is 0 Å². The molecule has 0 unspecified atom stereocenters. The molecule has 0 aliphatic heterocycles. The van der Waals surface area contributed by atoms with Crippen molar-refractivity contribution < 1.29 is 19.7 Å². The van der Waals surface area contributed by atoms with Crippen LogP contribution in [0, 0.1) is 0 Å². The molecule has 2 N–H and O–H groups in total. The first-order valence-corrected chi connectivity index (χ1v) is 6.79. The zero-order chi connectivity index (χ0) is 15.1. The Morgan fingerprint density at radius 2 is 1.62 bits per heavy atom. The molecule has 4 nitrogen and oxygen atoms in total. The van der Waals surface area contributed by atoms with Gasteiger partial charge in [-0.25, -0.2) is 0 Å². The average molecular weight is 286 g/mol. The van der Waals surface area contributed by atoms with E-state index < -0.39 is 12.1 Å². The van der Waals surface area contributed by atoms with Crippen molar-refractivity contribution in [2.75, 3.05) is 6.61 Å². The lowest BCUT2D eigenvalue weighted by molar-refractivity contribution is -0.139. The number of aliphatic hydroxyl groups is 1. The first kappa shape index (κ1) is 15.1. The fourth-order valence-corrected chi connectivity index (χ4v) is 1.99. The molecular weight excluding hydrogens is 268 g/mol. The van der Waals surface area contributed by atoms with Crippen LogP contribution in [0.2, 0.25) is 0 Å². The van der Waals surface area contributed by atoms with Crippen LogP contribution in [-0.4, -0.2) is 28.9 Å². The molecule has 2 aromatic rings. The van der Waals surface area contributed by atoms with Gasteiger partial charge in [-0.05, 0) is 29.7 Å². The Morgan fingerprint density at radius 1 is 1.00 bits per heavy atom. The molecule has 110 valence electrons. The lowest BCUT2D eigenvalue weighted by atomic mass is 10.1. The summed E-state index contributed by atoms with van der Waals surface area (Å²) in [6.07, 6.45) is -0.457. The molecule has 0 saturated heterocycles. The fraction of sp³-hybridized carbons (Fsp3) is 0.235. The number of ether oxygens (including phenoxy) is 1. The molecular formula is C17H18O4. The molecule has 0 heterocycles. The van der Waals surface area contributed by atoms with Crippen molar-refractivity contribution in [2.24, 2.45) is 0 Å². The van der Waals surface area contributed by atoms with Gasteiger partial charge in [0, 0.05) is 0 Å². The Balaban J connectivity index is 1.86. The van der Waals surface area contributed by atoms with Gasteiger partial charge in [0.15, 0.2) is 0 Å². The topological polar surface area (TPSA) is 66.8 Å². The van der Waals surface area contributed by atoms with Gasteiger partial charge in [-0.3, -0.25) is 4.79 Å². The second-order valence-corrected chi connectivity index (χ2v) is 4.87. The first-order chi connectivity index (χ1) is 10.1. The third-order valence-corrected chi connectivity index (χ3v) is 3.03. The standard InChI is InChI=1S/C17H18O4/c18-15(11-17(19)20)12-21-16-8-6-14(7-9-16)10-13-4-2-1-3-5-13/h1-9,15,18H,10-12H2,(H,19,20)/t15-/m1/s1. The SMILES string of the molecule is O=C(O)C[C@@H](O)COc1ccc(Cc2ccccc2)cc1. The van der Waals surface area contributed by atoms with Gasteiger partial charge in [0.05, 0.1) is 12.5 Å². The predicted molar refractivity (Wildman–Crippen MR) is 79.4 cm³/mol. The average Bonchev–Trinajstić information content (AvgIpc) is 2.47. The highest BCUT2D eigenvalue weighted by molar-refractivity contribution is 5.67. The van der Waals surface area contributed by atoms with Crippen molar-refractivity contribution in [3.8, 4) is 5.75 Å². The Bertz CT molecular complexity index is 563. The molecule has 0 saturated carbocycles. The van der Waals surface area contributed by atoms with Crippen molar-refractivity contribution in [1.82, 2.24) is 0 Å². The highest BCUT2D eigenvalue weighted by Crippen LogP contribution is 2.15. The number of aliphatic hydroxyl groups excluding tert-OH is 1. The summed E-state index contributed by atoms with van der Waals surface area (Å²) >= 11 is 0. The van der Waals surface area contributed by atoms with Crippen LogP contribution in [0.15, 0.2) is 54.6 Å². The van der Waals surface area contributed by atoms with Crippen molar-refractivity contribution in [3.63, 3.8) is 0 Å². The van der Waals surface area contributed by atoms with Crippen LogP contribution in [-0.2, 0) is 11.2 Å². The number of hydrogen-bond acceptors (Lipinski definition) is 3. The first-order valence-electron chi connectivity index (χ1n) is 6.79. The molecule has 2 rings (SSSR count). The summed E-state index contributed by atoms with van der Waals surface area (Å²) in [4.78, 5) is 10.4. The van der Waals surface area contributed by atoms with Gasteiger partial charge in [0.2, 0.25) is 0 Å². The van der Waals surface area contributed by atoms with E-state index in [1.807, 2.05) is 42.5 Å². The summed E-state index contributed by atoms with van der Waals surface area (Å²) in [5.41, 5.74) is 2.41. The third kappa shape index (κ3) is 5.28. The molecule has 0 amide bonds. The molecule has 0 fully saturated rings. The Kier molecular flexibility index (Phi) is 5.35. The molecule has 0 spiro atoms. The minimum atomic E-state index is -1.04. The Labute approximate surface area is 123 Å². The molecule has 0 aliphatic carbocycles. The number of hydrogen-bond donors (Lipinski definition) is 2. The van der Waals surface area contributed by atoms with Crippen molar-refractivity contribution >= 4 is 5.97 Å². The van der Waals surface area contributed by atoms with E-state index >= 15 is 0 Å². The molecule has 0 aliphatic rings. The number of rotatable bonds is 7. The van der Waals surface area contributed by atoms with Crippen LogP contribution in [0.5, 0.6) is 5.75 Å². The van der Waals surface area contributed by atoms with Crippen LogP contribution in [0.25, 0.3) is 0 Å². The summed E-state index contributed by atoms with van der Waals surface area (Å²) < 4.78 is 5.36. The van der Waals surface area contributed by atoms with Gasteiger partial charge < -0.3 is 14.9 Å². The highest BCUT2D eigenvalue weighted by atomic mass is 16.5. The van der Waals surface area contributed by atoms with Crippen LogP contribution in [0.4, 0.5) is 0 Å². The van der Waals surface area contributed by atoms with Gasteiger partial charge in [-0.15, -0.1) is 0 Å². The Morgan fingerprint density at radius 3 is 2.24 bits per heavy atom. The monoisotopic (exact) mass is 286 g/mol. The fourth-order valence-electron chi connectivity index (χ4n) is 1.99. The highest BCUT2D eigenvalue weighted by Gasteiger charge is 2.10. The van der Waals surface area contributed by atoms with E-state index in [-0.39, 0.29) is 13.0 Å². The van der Waals surface area contributed by atoms with Crippen molar-refractivity contribution in [1.29, 1.82) is 0 Å². The van der Waals surface area contributed by atoms with E-state index in [1.54, 1.807) is 0 Å². The predicted octanol–water partition coefficient (Wildman–Crippen LogP) is 2.49. The summed E-state index contributed by atoms with van der Waals surface area (Å²) in [7, 11) is 0. The third-order valence-electron chi connectivity index (χ3n) is 3.03. The molecule has 0 bridgehead atoms. The van der Waals surface area contributed by atoms with Gasteiger partial charge in [0.25, 0.3) is 0 Å². The van der Waals surface area contributed by atoms with E-state index in [2.05, 4.69) is 12.1 Å². The summed E-state index contributed by atoms with van der Waals surface area (Å²) in [6.45, 7) is -0.0235. The minimum absolute atomic E-state index is 0.0235. The minimum Gasteiger partial charge on any atom is -0.491 e. The lowest BCUT2D eigenvalue weighted by Gasteiger charge is -2.11. The normalized spacial score (nSPS) is 11.9. The van der Waals surface area contributed by atoms with E-state index in [9.17, 15) is 9.90 Å². The number of carboxylic acids is 1. The maximum atomic E-state index is 10.4. The molecule has 0 radical (unpaired) electrons. The van der Waals surface area contributed by atoms with Crippen molar-refractivity contribution in [2.45, 2.75) is 18.9 Å². The lowest BCUT2D eigenvalue weighted by Crippen LogP contribution is -2.21. The molecule has 4 heteroatoms. The quantitative estimate of drug-likeness (QED) is 0.820. The van der Waals surface area contributed by atoms with Crippen LogP contribution < -0.4 is 4.74 Å². The summed E-state index contributed by atoms with van der Waals surface area (Å²) in [6, 6.07) is 17.7. The maximum Gasteiger partial charge on any atom is 0.306 e. The van der Waals surface area contributed by atoms with E-state index in [0.717, 1.165) is 6.42 Å². The Hall–Kier alpha value is -2.33. The maximum absolute atomic E-state index is 10.4. The second kappa shape index (κ2) is 7.45. The van der Waals surface area contributed by atoms with Crippen LogP contribution in [0.1, 0.15) is 17.5 Å². The zero-order valence-corrected chi connectivity index (χ0v) is 11.6. The van der Waals surface area contributed by atoms with E-state index in [1.165, 1.54) is 11.1 Å². The van der Waals surface area contributed by atoms with E-state index in [4.69, 9.17) is 9.84 Å². The molecule has 0 aromatic heterocycles. The molecule has 1 atom stereocenters. The number of benzene rings is 2. The number of aliphatic carboxylic acids is 1. The summed E-state index contributed by atoms with van der Waals surface area (Å²) in [5, 5.41) is 18.0. The van der Waals surface area contributed by atoms with Crippen molar-refractivity contribution in [3.05, 3.63) is 65.7 Å².